The fourth-order valence-corrected chi connectivity index (χ4v) is 2.19. The zero-order chi connectivity index (χ0) is 11.2. The Hall–Kier alpha value is -0.0400. The molecule has 0 aromatic carbocycles. The van der Waals surface area contributed by atoms with Gasteiger partial charge < -0.3 is 5.32 Å². The van der Waals surface area contributed by atoms with Gasteiger partial charge in [-0.25, -0.2) is 0 Å². The van der Waals surface area contributed by atoms with Gasteiger partial charge in [-0.05, 0) is 24.3 Å². The van der Waals surface area contributed by atoms with Gasteiger partial charge in [0.25, 0.3) is 0 Å². The Balaban J connectivity index is 4.26. The molecule has 1 nitrogen and oxygen atoms in total. The summed E-state index contributed by atoms with van der Waals surface area (Å²) >= 11 is 0. The molecule has 0 fully saturated rings. The molecule has 0 heterocycles. The van der Waals surface area contributed by atoms with E-state index in [9.17, 15) is 0 Å². The zero-order valence-corrected chi connectivity index (χ0v) is 11.0. The van der Waals surface area contributed by atoms with Crippen molar-refractivity contribution in [2.24, 2.45) is 11.3 Å². The molecule has 14 heavy (non-hydrogen) atoms. The minimum absolute atomic E-state index is 0.440. The topological polar surface area (TPSA) is 12.0 Å². The van der Waals surface area contributed by atoms with Gasteiger partial charge in [-0.1, -0.05) is 54.4 Å². The van der Waals surface area contributed by atoms with Crippen LogP contribution in [0.25, 0.3) is 0 Å². The standard InChI is InChI=1S/C13H29N/c1-7-11(8-2)12(14-9-3)10-13(4,5)6/h11-12,14H,7-10H2,1-6H3. The Morgan fingerprint density at radius 2 is 1.50 bits per heavy atom. The zero-order valence-electron chi connectivity index (χ0n) is 11.0. The Kier molecular flexibility index (Phi) is 6.43. The van der Waals surface area contributed by atoms with Crippen LogP contribution in [0.15, 0.2) is 0 Å². The maximum Gasteiger partial charge on any atom is 0.00999 e. The second-order valence-corrected chi connectivity index (χ2v) is 5.51. The highest BCUT2D eigenvalue weighted by molar-refractivity contribution is 4.79. The van der Waals surface area contributed by atoms with Crippen LogP contribution in [0.5, 0.6) is 0 Å². The SMILES string of the molecule is CCNC(CC(C)(C)C)C(CC)CC. The van der Waals surface area contributed by atoms with Crippen molar-refractivity contribution in [3.63, 3.8) is 0 Å². The molecule has 0 rings (SSSR count). The van der Waals surface area contributed by atoms with Crippen molar-refractivity contribution in [2.75, 3.05) is 6.54 Å². The Morgan fingerprint density at radius 3 is 1.79 bits per heavy atom. The fraction of sp³-hybridized carbons (Fsp3) is 1.00. The average molecular weight is 199 g/mol. The predicted octanol–water partition coefficient (Wildman–Crippen LogP) is 3.84. The molecule has 0 aromatic heterocycles. The summed E-state index contributed by atoms with van der Waals surface area (Å²) in [5, 5.41) is 3.64. The molecule has 0 aliphatic carbocycles. The number of rotatable bonds is 6. The summed E-state index contributed by atoms with van der Waals surface area (Å²) < 4.78 is 0. The third-order valence-corrected chi connectivity index (χ3v) is 2.92. The Morgan fingerprint density at radius 1 is 1.00 bits per heavy atom. The van der Waals surface area contributed by atoms with Crippen LogP contribution in [0, 0.1) is 11.3 Å². The van der Waals surface area contributed by atoms with Crippen molar-refractivity contribution in [1.82, 2.24) is 5.32 Å². The van der Waals surface area contributed by atoms with Crippen LogP contribution in [-0.4, -0.2) is 12.6 Å². The van der Waals surface area contributed by atoms with E-state index in [4.69, 9.17) is 0 Å². The lowest BCUT2D eigenvalue weighted by Gasteiger charge is -2.32. The predicted molar refractivity (Wildman–Crippen MR) is 65.6 cm³/mol. The molecule has 0 bridgehead atoms. The van der Waals surface area contributed by atoms with E-state index in [1.165, 1.54) is 19.3 Å². The van der Waals surface area contributed by atoms with Gasteiger partial charge in [0.1, 0.15) is 0 Å². The van der Waals surface area contributed by atoms with E-state index in [0.717, 1.165) is 12.5 Å². The lowest BCUT2D eigenvalue weighted by atomic mass is 9.81. The monoisotopic (exact) mass is 199 g/mol. The van der Waals surface area contributed by atoms with Crippen LogP contribution in [0.3, 0.4) is 0 Å². The highest BCUT2D eigenvalue weighted by atomic mass is 14.9. The highest BCUT2D eigenvalue weighted by Crippen LogP contribution is 2.26. The summed E-state index contributed by atoms with van der Waals surface area (Å²) in [5.74, 6) is 0.842. The minimum atomic E-state index is 0.440. The van der Waals surface area contributed by atoms with E-state index in [-0.39, 0.29) is 0 Å². The molecule has 0 saturated heterocycles. The maximum atomic E-state index is 3.64. The lowest BCUT2D eigenvalue weighted by Crippen LogP contribution is -2.38. The van der Waals surface area contributed by atoms with E-state index in [0.29, 0.717) is 11.5 Å². The Labute approximate surface area is 90.7 Å². The summed E-state index contributed by atoms with van der Waals surface area (Å²) in [5.41, 5.74) is 0.440. The summed E-state index contributed by atoms with van der Waals surface area (Å²) in [6.45, 7) is 14.9. The molecule has 86 valence electrons. The van der Waals surface area contributed by atoms with E-state index in [1.807, 2.05) is 0 Å². The van der Waals surface area contributed by atoms with Gasteiger partial charge >= 0.3 is 0 Å². The molecular weight excluding hydrogens is 170 g/mol. The number of nitrogens with one attached hydrogen (secondary N) is 1. The first kappa shape index (κ1) is 14.0. The fourth-order valence-electron chi connectivity index (χ4n) is 2.19. The normalized spacial score (nSPS) is 14.8. The first-order valence-electron chi connectivity index (χ1n) is 6.18. The molecule has 1 N–H and O–H groups in total. The van der Waals surface area contributed by atoms with Crippen LogP contribution in [0.1, 0.15) is 60.8 Å². The largest absolute Gasteiger partial charge is 0.314 e. The van der Waals surface area contributed by atoms with Gasteiger partial charge in [0.15, 0.2) is 0 Å². The van der Waals surface area contributed by atoms with Crippen LogP contribution in [0.4, 0.5) is 0 Å². The summed E-state index contributed by atoms with van der Waals surface area (Å²) in [7, 11) is 0. The molecule has 0 radical (unpaired) electrons. The quantitative estimate of drug-likeness (QED) is 0.685. The molecule has 1 unspecified atom stereocenters. The molecule has 0 spiro atoms. The first-order chi connectivity index (χ1) is 6.44. The maximum absolute atomic E-state index is 3.64. The van der Waals surface area contributed by atoms with Crippen molar-refractivity contribution in [2.45, 2.75) is 66.8 Å². The molecule has 0 aliphatic rings. The third-order valence-electron chi connectivity index (χ3n) is 2.92. The van der Waals surface area contributed by atoms with Gasteiger partial charge in [0.2, 0.25) is 0 Å². The number of hydrogen-bond donors (Lipinski definition) is 1. The second kappa shape index (κ2) is 6.44. The van der Waals surface area contributed by atoms with Gasteiger partial charge in [-0.2, -0.15) is 0 Å². The molecule has 0 saturated carbocycles. The van der Waals surface area contributed by atoms with Crippen molar-refractivity contribution in [1.29, 1.82) is 0 Å². The smallest absolute Gasteiger partial charge is 0.00999 e. The first-order valence-corrected chi connectivity index (χ1v) is 6.18. The van der Waals surface area contributed by atoms with E-state index in [1.54, 1.807) is 0 Å². The molecular formula is C13H29N. The summed E-state index contributed by atoms with van der Waals surface area (Å²) in [6, 6.07) is 0.704. The van der Waals surface area contributed by atoms with Crippen molar-refractivity contribution in [3.05, 3.63) is 0 Å². The van der Waals surface area contributed by atoms with Crippen molar-refractivity contribution >= 4 is 0 Å². The van der Waals surface area contributed by atoms with Crippen molar-refractivity contribution in [3.8, 4) is 0 Å². The molecule has 1 heteroatoms. The summed E-state index contributed by atoms with van der Waals surface area (Å²) in [4.78, 5) is 0. The number of hydrogen-bond acceptors (Lipinski definition) is 1. The van der Waals surface area contributed by atoms with Gasteiger partial charge in [-0.15, -0.1) is 0 Å². The summed E-state index contributed by atoms with van der Waals surface area (Å²) in [6.07, 6.45) is 3.88. The van der Waals surface area contributed by atoms with Crippen LogP contribution in [-0.2, 0) is 0 Å². The van der Waals surface area contributed by atoms with E-state index < -0.39 is 0 Å². The molecule has 0 aliphatic heterocycles. The Bertz CT molecular complexity index is 131. The van der Waals surface area contributed by atoms with Gasteiger partial charge in [-0.3, -0.25) is 0 Å². The molecule has 0 amide bonds. The van der Waals surface area contributed by atoms with Crippen LogP contribution < -0.4 is 5.32 Å². The van der Waals surface area contributed by atoms with Gasteiger partial charge in [0.05, 0.1) is 0 Å². The molecule has 0 aromatic rings. The minimum Gasteiger partial charge on any atom is -0.314 e. The molecule has 1 atom stereocenters. The van der Waals surface area contributed by atoms with Crippen molar-refractivity contribution < 1.29 is 0 Å². The van der Waals surface area contributed by atoms with Gasteiger partial charge in [0, 0.05) is 6.04 Å². The lowest BCUT2D eigenvalue weighted by molar-refractivity contribution is 0.239. The van der Waals surface area contributed by atoms with Crippen LogP contribution >= 0.6 is 0 Å². The third kappa shape index (κ3) is 5.64. The van der Waals surface area contributed by atoms with Crippen LogP contribution in [0.2, 0.25) is 0 Å². The average Bonchev–Trinajstić information content (AvgIpc) is 2.04. The second-order valence-electron chi connectivity index (χ2n) is 5.51. The van der Waals surface area contributed by atoms with E-state index in [2.05, 4.69) is 46.9 Å². The highest BCUT2D eigenvalue weighted by Gasteiger charge is 2.23. The van der Waals surface area contributed by atoms with E-state index >= 15 is 0 Å².